The normalized spacial score (nSPS) is 18.5. The minimum absolute atomic E-state index is 0.00617. The Bertz CT molecular complexity index is 612. The van der Waals surface area contributed by atoms with E-state index in [2.05, 4.69) is 10.3 Å². The Balaban J connectivity index is 1.45. The van der Waals surface area contributed by atoms with Crippen LogP contribution in [0, 0.1) is 19.8 Å². The number of aromatic nitrogens is 1. The van der Waals surface area contributed by atoms with Gasteiger partial charge in [0.05, 0.1) is 0 Å². The van der Waals surface area contributed by atoms with Crippen molar-refractivity contribution in [3.63, 3.8) is 0 Å². The summed E-state index contributed by atoms with van der Waals surface area (Å²) >= 11 is 0. The van der Waals surface area contributed by atoms with Gasteiger partial charge >= 0.3 is 6.03 Å². The monoisotopic (exact) mass is 344 g/mol. The Morgan fingerprint density at radius 2 is 1.60 bits per heavy atom. The Morgan fingerprint density at radius 1 is 1.04 bits per heavy atom. The van der Waals surface area contributed by atoms with Gasteiger partial charge in [-0.25, -0.2) is 4.79 Å². The summed E-state index contributed by atoms with van der Waals surface area (Å²) in [6.45, 7) is 7.59. The molecule has 25 heavy (non-hydrogen) atoms. The van der Waals surface area contributed by atoms with E-state index in [1.54, 1.807) is 0 Å². The Morgan fingerprint density at radius 3 is 2.20 bits per heavy atom. The number of hydrogen-bond acceptors (Lipinski definition) is 3. The molecule has 0 bridgehead atoms. The molecule has 3 amide bonds. The first-order valence-electron chi connectivity index (χ1n) is 9.28. The minimum atomic E-state index is 0.00617. The maximum Gasteiger partial charge on any atom is 0.319 e. The highest BCUT2D eigenvalue weighted by molar-refractivity contribution is 5.79. The molecule has 0 saturated carbocycles. The third-order valence-electron chi connectivity index (χ3n) is 5.12. The Labute approximate surface area is 149 Å². The lowest BCUT2D eigenvalue weighted by molar-refractivity contribution is -0.126. The number of rotatable bonds is 3. The number of hydrogen-bond donors (Lipinski definition) is 1. The summed E-state index contributed by atoms with van der Waals surface area (Å²) in [6, 6.07) is 4.16. The fourth-order valence-corrected chi connectivity index (χ4v) is 3.80. The van der Waals surface area contributed by atoms with Crippen LogP contribution in [0.25, 0.3) is 0 Å². The molecule has 0 atom stereocenters. The molecule has 1 aromatic rings. The minimum Gasteiger partial charge on any atom is -0.352 e. The zero-order valence-corrected chi connectivity index (χ0v) is 15.3. The molecule has 1 N–H and O–H groups in total. The van der Waals surface area contributed by atoms with E-state index in [1.165, 1.54) is 0 Å². The summed E-state index contributed by atoms with van der Waals surface area (Å²) in [6.07, 6.45) is 3.72. The standard InChI is InChI=1S/C19H28N4O2/c1-14-11-16(12-15(2)21-14)13-20-18(24)17-5-9-23(10-6-17)19(25)22-7-3-4-8-22/h11-12,17H,3-10,13H2,1-2H3,(H,20,24). The number of aryl methyl sites for hydroxylation is 2. The second-order valence-electron chi connectivity index (χ2n) is 7.21. The number of carbonyl (C=O) groups excluding carboxylic acids is 2. The zero-order chi connectivity index (χ0) is 17.8. The van der Waals surface area contributed by atoms with Gasteiger partial charge in [0.25, 0.3) is 0 Å². The smallest absolute Gasteiger partial charge is 0.319 e. The molecule has 0 unspecified atom stereocenters. The Kier molecular flexibility index (Phi) is 5.56. The molecular weight excluding hydrogens is 316 g/mol. The molecule has 0 radical (unpaired) electrons. The SMILES string of the molecule is Cc1cc(CNC(=O)C2CCN(C(=O)N3CCCC3)CC2)cc(C)n1. The molecule has 2 aliphatic rings. The molecule has 1 aromatic heterocycles. The summed E-state index contributed by atoms with van der Waals surface area (Å²) in [4.78, 5) is 33.0. The molecule has 2 aliphatic heterocycles. The fraction of sp³-hybridized carbons (Fsp3) is 0.632. The molecule has 3 heterocycles. The van der Waals surface area contributed by atoms with Gasteiger partial charge in [-0.2, -0.15) is 0 Å². The third-order valence-corrected chi connectivity index (χ3v) is 5.12. The summed E-state index contributed by atoms with van der Waals surface area (Å²) in [5.74, 6) is 0.104. The number of carbonyl (C=O) groups is 2. The van der Waals surface area contributed by atoms with E-state index in [0.717, 1.165) is 55.7 Å². The molecule has 2 saturated heterocycles. The van der Waals surface area contributed by atoms with Gasteiger partial charge in [0.2, 0.25) is 5.91 Å². The van der Waals surface area contributed by atoms with Crippen LogP contribution in [0.2, 0.25) is 0 Å². The number of pyridine rings is 1. The van der Waals surface area contributed by atoms with Crippen LogP contribution in [-0.2, 0) is 11.3 Å². The first kappa shape index (κ1) is 17.7. The molecule has 0 aliphatic carbocycles. The van der Waals surface area contributed by atoms with Gasteiger partial charge in [-0.05, 0) is 57.2 Å². The molecule has 0 spiro atoms. The topological polar surface area (TPSA) is 65.5 Å². The highest BCUT2D eigenvalue weighted by atomic mass is 16.2. The molecular formula is C19H28N4O2. The van der Waals surface area contributed by atoms with Crippen LogP contribution in [0.5, 0.6) is 0 Å². The van der Waals surface area contributed by atoms with E-state index in [-0.39, 0.29) is 17.9 Å². The van der Waals surface area contributed by atoms with Gasteiger partial charge in [-0.3, -0.25) is 9.78 Å². The lowest BCUT2D eigenvalue weighted by Crippen LogP contribution is -2.47. The predicted octanol–water partition coefficient (Wildman–Crippen LogP) is 2.24. The van der Waals surface area contributed by atoms with Crippen molar-refractivity contribution in [2.24, 2.45) is 5.92 Å². The lowest BCUT2D eigenvalue weighted by Gasteiger charge is -2.34. The third kappa shape index (κ3) is 4.50. The van der Waals surface area contributed by atoms with E-state index in [4.69, 9.17) is 0 Å². The molecule has 6 nitrogen and oxygen atoms in total. The Hall–Kier alpha value is -2.11. The van der Waals surface area contributed by atoms with Crippen LogP contribution in [0.3, 0.4) is 0 Å². The van der Waals surface area contributed by atoms with Gasteiger partial charge in [-0.1, -0.05) is 0 Å². The van der Waals surface area contributed by atoms with Crippen molar-refractivity contribution in [2.45, 2.75) is 46.1 Å². The van der Waals surface area contributed by atoms with Gasteiger partial charge in [0.15, 0.2) is 0 Å². The van der Waals surface area contributed by atoms with Gasteiger partial charge in [0.1, 0.15) is 0 Å². The molecule has 3 rings (SSSR count). The number of likely N-dealkylation sites (tertiary alicyclic amines) is 2. The zero-order valence-electron chi connectivity index (χ0n) is 15.3. The van der Waals surface area contributed by atoms with Crippen LogP contribution in [0.1, 0.15) is 42.6 Å². The van der Waals surface area contributed by atoms with Crippen molar-refractivity contribution in [2.75, 3.05) is 26.2 Å². The molecule has 136 valence electrons. The molecule has 6 heteroatoms. The van der Waals surface area contributed by atoms with E-state index < -0.39 is 0 Å². The largest absolute Gasteiger partial charge is 0.352 e. The first-order valence-corrected chi connectivity index (χ1v) is 9.28. The van der Waals surface area contributed by atoms with E-state index in [1.807, 2.05) is 35.8 Å². The maximum absolute atomic E-state index is 12.4. The molecule has 0 aromatic carbocycles. The summed E-state index contributed by atoms with van der Waals surface area (Å²) in [5, 5.41) is 3.04. The van der Waals surface area contributed by atoms with Crippen molar-refractivity contribution in [3.05, 3.63) is 29.1 Å². The quantitative estimate of drug-likeness (QED) is 0.914. The van der Waals surface area contributed by atoms with Crippen molar-refractivity contribution in [3.8, 4) is 0 Å². The average molecular weight is 344 g/mol. The van der Waals surface area contributed by atoms with E-state index in [9.17, 15) is 9.59 Å². The lowest BCUT2D eigenvalue weighted by atomic mass is 9.96. The molecule has 2 fully saturated rings. The van der Waals surface area contributed by atoms with Gasteiger partial charge < -0.3 is 15.1 Å². The first-order chi connectivity index (χ1) is 12.0. The summed E-state index contributed by atoms with van der Waals surface area (Å²) in [5.41, 5.74) is 3.02. The number of piperidine rings is 1. The summed E-state index contributed by atoms with van der Waals surface area (Å²) < 4.78 is 0. The highest BCUT2D eigenvalue weighted by Crippen LogP contribution is 2.20. The second-order valence-corrected chi connectivity index (χ2v) is 7.21. The second kappa shape index (κ2) is 7.85. The van der Waals surface area contributed by atoms with Crippen molar-refractivity contribution >= 4 is 11.9 Å². The van der Waals surface area contributed by atoms with E-state index in [0.29, 0.717) is 19.6 Å². The van der Waals surface area contributed by atoms with Crippen molar-refractivity contribution in [1.29, 1.82) is 0 Å². The van der Waals surface area contributed by atoms with Gasteiger partial charge in [-0.15, -0.1) is 0 Å². The number of nitrogens with one attached hydrogen (secondary N) is 1. The van der Waals surface area contributed by atoms with Crippen LogP contribution in [0.4, 0.5) is 4.79 Å². The number of amides is 3. The summed E-state index contributed by atoms with van der Waals surface area (Å²) in [7, 11) is 0. The fourth-order valence-electron chi connectivity index (χ4n) is 3.80. The van der Waals surface area contributed by atoms with Crippen molar-refractivity contribution in [1.82, 2.24) is 20.1 Å². The maximum atomic E-state index is 12.4. The van der Waals surface area contributed by atoms with E-state index >= 15 is 0 Å². The highest BCUT2D eigenvalue weighted by Gasteiger charge is 2.30. The average Bonchev–Trinajstić information content (AvgIpc) is 3.13. The van der Waals surface area contributed by atoms with Gasteiger partial charge in [0, 0.05) is 50.0 Å². The van der Waals surface area contributed by atoms with Crippen LogP contribution in [-0.4, -0.2) is 52.9 Å². The number of nitrogens with zero attached hydrogens (tertiary/aromatic N) is 3. The van der Waals surface area contributed by atoms with Crippen molar-refractivity contribution < 1.29 is 9.59 Å². The van der Waals surface area contributed by atoms with Crippen LogP contribution >= 0.6 is 0 Å². The van der Waals surface area contributed by atoms with Crippen LogP contribution < -0.4 is 5.32 Å². The number of urea groups is 1. The van der Waals surface area contributed by atoms with Crippen LogP contribution in [0.15, 0.2) is 12.1 Å². The predicted molar refractivity (Wildman–Crippen MR) is 96.1 cm³/mol.